The average molecular weight is 435 g/mol. The number of aryl methyl sites for hydroxylation is 6. The summed E-state index contributed by atoms with van der Waals surface area (Å²) in [6.07, 6.45) is 5.15. The number of benzene rings is 4. The Kier molecular flexibility index (Phi) is 7.14. The van der Waals surface area contributed by atoms with E-state index in [1.54, 1.807) is 0 Å². The van der Waals surface area contributed by atoms with Crippen molar-refractivity contribution in [3.63, 3.8) is 0 Å². The molecule has 0 aliphatic rings. The van der Waals surface area contributed by atoms with Gasteiger partial charge in [0.2, 0.25) is 0 Å². The minimum Gasteiger partial charge on any atom is -0.399 e. The molecule has 0 bridgehead atoms. The molecule has 0 saturated heterocycles. The molecule has 0 aromatic heterocycles. The van der Waals surface area contributed by atoms with Gasteiger partial charge in [0, 0.05) is 11.4 Å². The maximum absolute atomic E-state index is 5.87. The molecule has 4 N–H and O–H groups in total. The molecule has 4 aromatic rings. The fourth-order valence-corrected chi connectivity index (χ4v) is 4.44. The maximum Gasteiger partial charge on any atom is 0.0316 e. The van der Waals surface area contributed by atoms with Crippen LogP contribution < -0.4 is 11.5 Å². The van der Waals surface area contributed by atoms with E-state index in [1.807, 2.05) is 12.1 Å². The van der Waals surface area contributed by atoms with Crippen LogP contribution in [-0.4, -0.2) is 0 Å². The minimum atomic E-state index is 0.838. The molecule has 4 rings (SSSR count). The number of hydrogen-bond donors (Lipinski definition) is 2. The van der Waals surface area contributed by atoms with Crippen LogP contribution in [0.4, 0.5) is 11.4 Å². The zero-order valence-corrected chi connectivity index (χ0v) is 19.8. The molecule has 168 valence electrons. The fraction of sp³-hybridized carbons (Fsp3) is 0.226. The number of rotatable bonds is 8. The standard InChI is InChI=1S/C31H34N2/c1-22-19-30(32)17-15-28(22)13-11-24-3-7-26(8-4-24)21-27-9-5-25(6-10-27)12-14-29-16-18-31(33)20-23(29)2/h3-10,15-20H,11-14,21,32-33H2,1-2H3. The van der Waals surface area contributed by atoms with Crippen molar-refractivity contribution in [3.8, 4) is 0 Å². The van der Waals surface area contributed by atoms with Gasteiger partial charge in [0.25, 0.3) is 0 Å². The quantitative estimate of drug-likeness (QED) is 0.306. The minimum absolute atomic E-state index is 0.838. The number of anilines is 2. The van der Waals surface area contributed by atoms with Crippen LogP contribution in [0.15, 0.2) is 84.9 Å². The number of nitrogens with two attached hydrogens (primary N) is 2. The first-order valence-electron chi connectivity index (χ1n) is 11.8. The topological polar surface area (TPSA) is 52.0 Å². The van der Waals surface area contributed by atoms with E-state index in [2.05, 4.69) is 86.6 Å². The molecule has 0 aliphatic carbocycles. The van der Waals surface area contributed by atoms with Gasteiger partial charge in [-0.05, 0) is 115 Å². The third kappa shape index (κ3) is 6.26. The Morgan fingerprint density at radius 1 is 0.455 bits per heavy atom. The van der Waals surface area contributed by atoms with Gasteiger partial charge in [0.1, 0.15) is 0 Å². The van der Waals surface area contributed by atoms with Crippen LogP contribution in [0.1, 0.15) is 44.5 Å². The van der Waals surface area contributed by atoms with Gasteiger partial charge < -0.3 is 11.5 Å². The molecule has 0 unspecified atom stereocenters. The van der Waals surface area contributed by atoms with Gasteiger partial charge in [-0.15, -0.1) is 0 Å². The van der Waals surface area contributed by atoms with Gasteiger partial charge in [0.05, 0.1) is 0 Å². The zero-order valence-electron chi connectivity index (χ0n) is 19.8. The lowest BCUT2D eigenvalue weighted by Gasteiger charge is -2.09. The van der Waals surface area contributed by atoms with Crippen LogP contribution in [0, 0.1) is 13.8 Å². The van der Waals surface area contributed by atoms with Crippen LogP contribution in [0.5, 0.6) is 0 Å². The Morgan fingerprint density at radius 2 is 0.818 bits per heavy atom. The second-order valence-electron chi connectivity index (χ2n) is 9.18. The average Bonchev–Trinajstić information content (AvgIpc) is 2.80. The van der Waals surface area contributed by atoms with E-state index in [0.29, 0.717) is 0 Å². The lowest BCUT2D eigenvalue weighted by atomic mass is 9.97. The van der Waals surface area contributed by atoms with E-state index in [4.69, 9.17) is 11.5 Å². The van der Waals surface area contributed by atoms with Crippen molar-refractivity contribution in [2.75, 3.05) is 11.5 Å². The number of nitrogen functional groups attached to an aromatic ring is 2. The molecule has 4 aromatic carbocycles. The molecule has 0 spiro atoms. The Hall–Kier alpha value is -3.52. The van der Waals surface area contributed by atoms with Gasteiger partial charge in [-0.1, -0.05) is 60.7 Å². The van der Waals surface area contributed by atoms with Gasteiger partial charge in [-0.3, -0.25) is 0 Å². The van der Waals surface area contributed by atoms with E-state index < -0.39 is 0 Å². The van der Waals surface area contributed by atoms with Gasteiger partial charge >= 0.3 is 0 Å². The normalized spacial score (nSPS) is 11.0. The third-order valence-electron chi connectivity index (χ3n) is 6.55. The first-order valence-corrected chi connectivity index (χ1v) is 11.8. The zero-order chi connectivity index (χ0) is 23.2. The summed E-state index contributed by atoms with van der Waals surface area (Å²) in [4.78, 5) is 0. The largest absolute Gasteiger partial charge is 0.399 e. The molecular formula is C31H34N2. The summed E-state index contributed by atoms with van der Waals surface area (Å²) >= 11 is 0. The molecule has 0 amide bonds. The molecule has 33 heavy (non-hydrogen) atoms. The molecule has 2 nitrogen and oxygen atoms in total. The lowest BCUT2D eigenvalue weighted by molar-refractivity contribution is 0.945. The lowest BCUT2D eigenvalue weighted by Crippen LogP contribution is -1.97. The summed E-state index contributed by atoms with van der Waals surface area (Å²) in [7, 11) is 0. The fourth-order valence-electron chi connectivity index (χ4n) is 4.44. The van der Waals surface area contributed by atoms with E-state index in [9.17, 15) is 0 Å². The second kappa shape index (κ2) is 10.4. The van der Waals surface area contributed by atoms with E-state index in [-0.39, 0.29) is 0 Å². The molecule has 0 fully saturated rings. The molecule has 0 atom stereocenters. The van der Waals surface area contributed by atoms with Crippen molar-refractivity contribution in [1.82, 2.24) is 0 Å². The molecule has 2 heteroatoms. The predicted octanol–water partition coefficient (Wildman–Crippen LogP) is 6.63. The van der Waals surface area contributed by atoms with Crippen LogP contribution in [0.3, 0.4) is 0 Å². The molecule has 0 heterocycles. The Morgan fingerprint density at radius 3 is 1.18 bits per heavy atom. The highest BCUT2D eigenvalue weighted by molar-refractivity contribution is 5.45. The van der Waals surface area contributed by atoms with Crippen molar-refractivity contribution in [1.29, 1.82) is 0 Å². The smallest absolute Gasteiger partial charge is 0.0316 e. The number of hydrogen-bond acceptors (Lipinski definition) is 2. The van der Waals surface area contributed by atoms with Crippen LogP contribution in [0.25, 0.3) is 0 Å². The monoisotopic (exact) mass is 434 g/mol. The van der Waals surface area contributed by atoms with Crippen molar-refractivity contribution in [2.45, 2.75) is 46.0 Å². The highest BCUT2D eigenvalue weighted by atomic mass is 14.5. The highest BCUT2D eigenvalue weighted by Crippen LogP contribution is 2.18. The predicted molar refractivity (Wildman–Crippen MR) is 142 cm³/mol. The first-order chi connectivity index (χ1) is 16.0. The summed E-state index contributed by atoms with van der Waals surface area (Å²) in [6, 6.07) is 30.6. The summed E-state index contributed by atoms with van der Waals surface area (Å²) in [5.74, 6) is 0. The molecule has 0 radical (unpaired) electrons. The Bertz CT molecular complexity index is 1110. The highest BCUT2D eigenvalue weighted by Gasteiger charge is 2.03. The van der Waals surface area contributed by atoms with E-state index in [1.165, 1.54) is 44.5 Å². The first kappa shape index (κ1) is 22.7. The SMILES string of the molecule is Cc1cc(N)ccc1CCc1ccc(Cc2ccc(CCc3ccc(N)cc3C)cc2)cc1. The van der Waals surface area contributed by atoms with Crippen molar-refractivity contribution in [3.05, 3.63) is 129 Å². The van der Waals surface area contributed by atoms with Gasteiger partial charge in [0.15, 0.2) is 0 Å². The summed E-state index contributed by atoms with van der Waals surface area (Å²) in [5, 5.41) is 0. The Labute approximate surface area is 198 Å². The van der Waals surface area contributed by atoms with E-state index in [0.717, 1.165) is 43.5 Å². The molecular weight excluding hydrogens is 400 g/mol. The van der Waals surface area contributed by atoms with Crippen molar-refractivity contribution in [2.24, 2.45) is 0 Å². The van der Waals surface area contributed by atoms with Crippen LogP contribution in [-0.2, 0) is 32.1 Å². The van der Waals surface area contributed by atoms with E-state index >= 15 is 0 Å². The summed E-state index contributed by atoms with van der Waals surface area (Å²) < 4.78 is 0. The molecule has 0 saturated carbocycles. The summed E-state index contributed by atoms with van der Waals surface area (Å²) in [5.41, 5.74) is 24.2. The van der Waals surface area contributed by atoms with Crippen molar-refractivity contribution < 1.29 is 0 Å². The Balaban J connectivity index is 1.29. The van der Waals surface area contributed by atoms with Crippen LogP contribution >= 0.6 is 0 Å². The second-order valence-corrected chi connectivity index (χ2v) is 9.18. The van der Waals surface area contributed by atoms with Crippen molar-refractivity contribution >= 4 is 11.4 Å². The van der Waals surface area contributed by atoms with Crippen LogP contribution in [0.2, 0.25) is 0 Å². The van der Waals surface area contributed by atoms with Gasteiger partial charge in [-0.25, -0.2) is 0 Å². The molecule has 0 aliphatic heterocycles. The maximum atomic E-state index is 5.87. The summed E-state index contributed by atoms with van der Waals surface area (Å²) in [6.45, 7) is 4.28. The third-order valence-corrected chi connectivity index (χ3v) is 6.55. The van der Waals surface area contributed by atoms with Gasteiger partial charge in [-0.2, -0.15) is 0 Å².